The van der Waals surface area contributed by atoms with E-state index >= 15 is 0 Å². The van der Waals surface area contributed by atoms with Gasteiger partial charge < -0.3 is 29.4 Å². The van der Waals surface area contributed by atoms with Crippen LogP contribution in [0.5, 0.6) is 5.75 Å². The van der Waals surface area contributed by atoms with E-state index in [1.54, 1.807) is 6.07 Å². The van der Waals surface area contributed by atoms with E-state index < -0.39 is 5.97 Å². The van der Waals surface area contributed by atoms with Crippen LogP contribution in [0.25, 0.3) is 21.5 Å². The number of amides is 1. The third kappa shape index (κ3) is 6.92. The summed E-state index contributed by atoms with van der Waals surface area (Å²) < 4.78 is 14.6. The minimum atomic E-state index is -0.946. The number of thiophene rings is 1. The molecule has 0 bridgehead atoms. The van der Waals surface area contributed by atoms with Gasteiger partial charge in [0.15, 0.2) is 0 Å². The van der Waals surface area contributed by atoms with Gasteiger partial charge in [-0.25, -0.2) is 4.79 Å². The molecule has 8 nitrogen and oxygen atoms in total. The zero-order valence-electron chi connectivity index (χ0n) is 26.3. The summed E-state index contributed by atoms with van der Waals surface area (Å²) in [5, 5.41) is 13.0. The van der Waals surface area contributed by atoms with E-state index in [4.69, 9.17) is 9.47 Å². The summed E-state index contributed by atoms with van der Waals surface area (Å²) in [6.07, 6.45) is 5.59. The lowest BCUT2D eigenvalue weighted by Crippen LogP contribution is -2.36. The van der Waals surface area contributed by atoms with Crippen molar-refractivity contribution in [3.8, 4) is 17.0 Å². The molecule has 242 valence electrons. The molecule has 5 aromatic rings. The summed E-state index contributed by atoms with van der Waals surface area (Å²) >= 11 is 1.32. The smallest absolute Gasteiger partial charge is 0.345 e. The molecule has 3 heterocycles. The van der Waals surface area contributed by atoms with Gasteiger partial charge in [-0.2, -0.15) is 0 Å². The van der Waals surface area contributed by atoms with Crippen LogP contribution in [-0.4, -0.2) is 47.9 Å². The van der Waals surface area contributed by atoms with E-state index in [1.165, 1.54) is 17.8 Å². The molecule has 1 saturated carbocycles. The second-order valence-corrected chi connectivity index (χ2v) is 13.4. The molecule has 1 amide bonds. The van der Waals surface area contributed by atoms with Crippen molar-refractivity contribution in [2.24, 2.45) is 0 Å². The van der Waals surface area contributed by atoms with E-state index in [1.807, 2.05) is 71.3 Å². The van der Waals surface area contributed by atoms with Gasteiger partial charge in [0.2, 0.25) is 5.91 Å². The van der Waals surface area contributed by atoms with Gasteiger partial charge in [-0.3, -0.25) is 4.79 Å². The van der Waals surface area contributed by atoms with Crippen LogP contribution in [0.15, 0.2) is 84.9 Å². The first kappa shape index (κ1) is 31.0. The van der Waals surface area contributed by atoms with E-state index in [9.17, 15) is 14.7 Å². The Hall–Kier alpha value is -4.60. The fourth-order valence-corrected chi connectivity index (χ4v) is 8.00. The van der Waals surface area contributed by atoms with Gasteiger partial charge in [0, 0.05) is 24.5 Å². The molecule has 0 atom stereocenters. The quantitative estimate of drug-likeness (QED) is 0.159. The molecule has 47 heavy (non-hydrogen) atoms. The van der Waals surface area contributed by atoms with E-state index in [-0.39, 0.29) is 17.3 Å². The molecule has 2 aromatic heterocycles. The average Bonchev–Trinajstić information content (AvgIpc) is 3.67. The Morgan fingerprint density at radius 3 is 2.34 bits per heavy atom. The summed E-state index contributed by atoms with van der Waals surface area (Å²) in [5.41, 5.74) is 6.86. The number of aromatic nitrogens is 1. The number of morpholine rings is 1. The number of ether oxygens (including phenoxy) is 2. The van der Waals surface area contributed by atoms with E-state index in [0.29, 0.717) is 25.7 Å². The minimum Gasteiger partial charge on any atom is -0.489 e. The van der Waals surface area contributed by atoms with Crippen LogP contribution in [-0.2, 0) is 22.7 Å². The molecule has 2 N–H and O–H groups in total. The topological polar surface area (TPSA) is 93.0 Å². The first-order valence-electron chi connectivity index (χ1n) is 16.4. The molecular weight excluding hydrogens is 611 g/mol. The molecule has 1 saturated heterocycles. The van der Waals surface area contributed by atoms with Gasteiger partial charge in [-0.05, 0) is 90.0 Å². The highest BCUT2D eigenvalue weighted by Crippen LogP contribution is 2.47. The minimum absolute atomic E-state index is 0.0613. The first-order valence-corrected chi connectivity index (χ1v) is 17.2. The molecular formula is C38H39N3O5S. The highest BCUT2D eigenvalue weighted by atomic mass is 32.1. The molecule has 9 heteroatoms. The van der Waals surface area contributed by atoms with Crippen LogP contribution >= 0.6 is 11.3 Å². The predicted molar refractivity (Wildman–Crippen MR) is 187 cm³/mol. The maximum absolute atomic E-state index is 13.7. The van der Waals surface area contributed by atoms with Crippen molar-refractivity contribution in [3.05, 3.63) is 101 Å². The number of nitrogens with zero attached hydrogens (tertiary/aromatic N) is 2. The van der Waals surface area contributed by atoms with Gasteiger partial charge in [0.05, 0.1) is 29.1 Å². The number of hydrogen-bond donors (Lipinski definition) is 2. The van der Waals surface area contributed by atoms with Crippen molar-refractivity contribution in [1.82, 2.24) is 4.57 Å². The number of fused-ring (bicyclic) bond motifs is 1. The van der Waals surface area contributed by atoms with Gasteiger partial charge >= 0.3 is 5.97 Å². The number of anilines is 2. The van der Waals surface area contributed by atoms with Crippen molar-refractivity contribution in [2.75, 3.05) is 36.5 Å². The number of carbonyl (C=O) groups excluding carboxylic acids is 1. The van der Waals surface area contributed by atoms with Crippen LogP contribution in [0.4, 0.5) is 11.4 Å². The summed E-state index contributed by atoms with van der Waals surface area (Å²) in [6, 6.07) is 27.8. The molecule has 0 spiro atoms. The number of rotatable bonds is 10. The maximum Gasteiger partial charge on any atom is 0.345 e. The Morgan fingerprint density at radius 2 is 1.64 bits per heavy atom. The fraction of sp³-hybridized carbons (Fsp3) is 0.316. The van der Waals surface area contributed by atoms with Crippen molar-refractivity contribution in [3.63, 3.8) is 0 Å². The second kappa shape index (κ2) is 14.0. The molecule has 3 aromatic carbocycles. The lowest BCUT2D eigenvalue weighted by atomic mass is 9.83. The molecule has 1 aliphatic heterocycles. The van der Waals surface area contributed by atoms with Crippen molar-refractivity contribution in [2.45, 2.75) is 51.2 Å². The Kier molecular flexibility index (Phi) is 9.26. The number of benzene rings is 3. The van der Waals surface area contributed by atoms with Crippen LogP contribution in [0, 0.1) is 0 Å². The lowest BCUT2D eigenvalue weighted by molar-refractivity contribution is -0.116. The number of aromatic carboxylic acids is 1. The Bertz CT molecular complexity index is 1830. The molecule has 7 rings (SSSR count). The zero-order chi connectivity index (χ0) is 32.2. The summed E-state index contributed by atoms with van der Waals surface area (Å²) in [4.78, 5) is 28.4. The number of hydrogen-bond acceptors (Lipinski definition) is 6. The Morgan fingerprint density at radius 1 is 0.915 bits per heavy atom. The van der Waals surface area contributed by atoms with Gasteiger partial charge in [-0.15, -0.1) is 11.3 Å². The number of carboxylic acids is 1. The van der Waals surface area contributed by atoms with Gasteiger partial charge in [0.25, 0.3) is 0 Å². The van der Waals surface area contributed by atoms with Gasteiger partial charge in [0.1, 0.15) is 23.8 Å². The summed E-state index contributed by atoms with van der Waals surface area (Å²) in [6.45, 7) is 3.66. The highest BCUT2D eigenvalue weighted by Gasteiger charge is 2.29. The van der Waals surface area contributed by atoms with Crippen LogP contribution in [0.2, 0.25) is 0 Å². The normalized spacial score (nSPS) is 15.5. The number of carboxylic acid groups (broad SMARTS) is 1. The Balaban J connectivity index is 1.21. The SMILES string of the molecule is O=C(Cn1c(-c2ccc(OCc3ccccc3)cc2)c(C2CCCCC2)c2sc(C(=O)O)cc21)Nc1ccc(N2CCOCC2)cc1. The van der Waals surface area contributed by atoms with Crippen molar-refractivity contribution in [1.29, 1.82) is 0 Å². The van der Waals surface area contributed by atoms with E-state index in [0.717, 1.165) is 88.5 Å². The second-order valence-electron chi connectivity index (χ2n) is 12.3. The fourth-order valence-electron chi connectivity index (χ4n) is 6.87. The summed E-state index contributed by atoms with van der Waals surface area (Å²) in [7, 11) is 0. The third-order valence-corrected chi connectivity index (χ3v) is 10.3. The zero-order valence-corrected chi connectivity index (χ0v) is 27.1. The van der Waals surface area contributed by atoms with Gasteiger partial charge in [-0.1, -0.05) is 49.6 Å². The average molecular weight is 650 g/mol. The highest BCUT2D eigenvalue weighted by molar-refractivity contribution is 7.21. The van der Waals surface area contributed by atoms with Crippen molar-refractivity contribution < 1.29 is 24.2 Å². The van der Waals surface area contributed by atoms with Crippen molar-refractivity contribution >= 4 is 44.8 Å². The number of nitrogens with one attached hydrogen (secondary N) is 1. The van der Waals surface area contributed by atoms with Crippen LogP contribution in [0.1, 0.15) is 58.8 Å². The molecule has 0 unspecified atom stereocenters. The number of carbonyl (C=O) groups is 2. The molecule has 1 aliphatic carbocycles. The Labute approximate surface area is 278 Å². The lowest BCUT2D eigenvalue weighted by Gasteiger charge is -2.28. The first-order chi connectivity index (χ1) is 23.0. The van der Waals surface area contributed by atoms with Crippen LogP contribution in [0.3, 0.4) is 0 Å². The molecule has 2 fully saturated rings. The molecule has 0 radical (unpaired) electrons. The summed E-state index contributed by atoms with van der Waals surface area (Å²) in [5.74, 6) is -0.0438. The van der Waals surface area contributed by atoms with Crippen LogP contribution < -0.4 is 15.0 Å². The maximum atomic E-state index is 13.7. The monoisotopic (exact) mass is 649 g/mol. The van der Waals surface area contributed by atoms with E-state index in [2.05, 4.69) is 22.3 Å². The largest absolute Gasteiger partial charge is 0.489 e. The standard InChI is InChI=1S/C38H39N3O5S/c42-34(39-29-13-15-30(16-14-29)40-19-21-45-22-20-40)24-41-32-23-33(38(43)44)47-37(32)35(27-9-5-2-6-10-27)36(41)28-11-17-31(18-12-28)46-25-26-7-3-1-4-8-26/h1,3-4,7-8,11-18,23,27H,2,5-6,9-10,19-22,24-25H2,(H,39,42)(H,43,44). The predicted octanol–water partition coefficient (Wildman–Crippen LogP) is 8.17. The third-order valence-electron chi connectivity index (χ3n) is 9.20. The molecule has 2 aliphatic rings.